The van der Waals surface area contributed by atoms with Gasteiger partial charge in [0.15, 0.2) is 0 Å². The molecule has 7 heteroatoms. The number of imidazole rings is 1. The molecule has 2 atom stereocenters. The molecule has 4 N–H and O–H groups in total. The van der Waals surface area contributed by atoms with Crippen molar-refractivity contribution in [3.05, 3.63) is 17.7 Å². The van der Waals surface area contributed by atoms with Gasteiger partial charge in [-0.15, -0.1) is 0 Å². The number of aromatic nitrogens is 2. The Morgan fingerprint density at radius 1 is 1.58 bits per heavy atom. The van der Waals surface area contributed by atoms with E-state index in [-0.39, 0.29) is 17.9 Å². The quantitative estimate of drug-likeness (QED) is 0.565. The Morgan fingerprint density at radius 2 is 2.37 bits per heavy atom. The van der Waals surface area contributed by atoms with E-state index < -0.39 is 6.04 Å². The van der Waals surface area contributed by atoms with Crippen molar-refractivity contribution in [1.82, 2.24) is 25.9 Å². The first-order chi connectivity index (χ1) is 9.11. The highest BCUT2D eigenvalue weighted by Gasteiger charge is 2.27. The predicted octanol–water partition coefficient (Wildman–Crippen LogP) is -0.935. The van der Waals surface area contributed by atoms with Crippen molar-refractivity contribution in [1.29, 1.82) is 0 Å². The molecule has 19 heavy (non-hydrogen) atoms. The van der Waals surface area contributed by atoms with Crippen LogP contribution in [0, 0.1) is 0 Å². The number of hydrogen-bond donors (Lipinski definition) is 4. The Kier molecular flexibility index (Phi) is 4.16. The number of fused-ring (bicyclic) bond motifs is 1. The van der Waals surface area contributed by atoms with E-state index in [1.165, 1.54) is 0 Å². The monoisotopic (exact) mass is 265 g/mol. The normalized spacial score (nSPS) is 19.4. The summed E-state index contributed by atoms with van der Waals surface area (Å²) in [5.41, 5.74) is 1.92. The van der Waals surface area contributed by atoms with Crippen LogP contribution in [-0.4, -0.2) is 40.4 Å². The summed E-state index contributed by atoms with van der Waals surface area (Å²) >= 11 is 0. The molecule has 0 saturated carbocycles. The molecule has 2 heterocycles. The zero-order valence-electron chi connectivity index (χ0n) is 11.1. The molecule has 1 aliphatic rings. The van der Waals surface area contributed by atoms with Crippen LogP contribution in [0.5, 0.6) is 0 Å². The van der Waals surface area contributed by atoms with Crippen LogP contribution in [-0.2, 0) is 22.6 Å². The molecule has 0 bridgehead atoms. The lowest BCUT2D eigenvalue weighted by Crippen LogP contribution is -2.53. The standard InChI is InChI=1S/C12H19N5O2/c1-3-13-11(18)7(2)17-12(19)9-4-8-10(5-14-9)16-6-15-8/h6-7,9,14H,3-5H2,1-2H3,(H,13,18)(H,15,16)(H,17,19). The van der Waals surface area contributed by atoms with Crippen LogP contribution >= 0.6 is 0 Å². The van der Waals surface area contributed by atoms with E-state index in [2.05, 4.69) is 25.9 Å². The second kappa shape index (κ2) is 5.83. The molecule has 1 aliphatic heterocycles. The molecule has 0 aromatic carbocycles. The van der Waals surface area contributed by atoms with E-state index in [1.54, 1.807) is 13.3 Å². The summed E-state index contributed by atoms with van der Waals surface area (Å²) in [7, 11) is 0. The SMILES string of the molecule is CCNC(=O)C(C)NC(=O)C1Cc2nc[nH]c2CN1. The molecule has 2 rings (SSSR count). The van der Waals surface area contributed by atoms with E-state index >= 15 is 0 Å². The molecule has 0 fully saturated rings. The summed E-state index contributed by atoms with van der Waals surface area (Å²) in [4.78, 5) is 30.8. The fourth-order valence-electron chi connectivity index (χ4n) is 2.06. The fraction of sp³-hybridized carbons (Fsp3) is 0.583. The Labute approximate surface area is 111 Å². The van der Waals surface area contributed by atoms with Gasteiger partial charge >= 0.3 is 0 Å². The lowest BCUT2D eigenvalue weighted by Gasteiger charge is -2.23. The molecule has 1 aromatic rings. The molecule has 0 aliphatic carbocycles. The maximum atomic E-state index is 12.1. The number of rotatable bonds is 4. The number of carbonyl (C=O) groups is 2. The topological polar surface area (TPSA) is 98.9 Å². The molecular weight excluding hydrogens is 246 g/mol. The number of likely N-dealkylation sites (N-methyl/N-ethyl adjacent to an activating group) is 1. The minimum atomic E-state index is -0.533. The van der Waals surface area contributed by atoms with Gasteiger partial charge in [-0.05, 0) is 13.8 Å². The van der Waals surface area contributed by atoms with Crippen molar-refractivity contribution in [2.45, 2.75) is 38.9 Å². The van der Waals surface area contributed by atoms with Crippen LogP contribution in [0.25, 0.3) is 0 Å². The van der Waals surface area contributed by atoms with E-state index in [0.29, 0.717) is 19.5 Å². The predicted molar refractivity (Wildman–Crippen MR) is 69.2 cm³/mol. The van der Waals surface area contributed by atoms with Gasteiger partial charge in [-0.3, -0.25) is 14.9 Å². The Balaban J connectivity index is 1.89. The second-order valence-corrected chi connectivity index (χ2v) is 4.59. The summed E-state index contributed by atoms with van der Waals surface area (Å²) in [5, 5.41) is 8.50. The van der Waals surface area contributed by atoms with Crippen LogP contribution in [0.3, 0.4) is 0 Å². The van der Waals surface area contributed by atoms with Gasteiger partial charge in [0.2, 0.25) is 11.8 Å². The third-order valence-corrected chi connectivity index (χ3v) is 3.15. The zero-order chi connectivity index (χ0) is 13.8. The lowest BCUT2D eigenvalue weighted by molar-refractivity contribution is -0.129. The number of H-pyrrole nitrogens is 1. The van der Waals surface area contributed by atoms with Gasteiger partial charge < -0.3 is 15.6 Å². The highest BCUT2D eigenvalue weighted by atomic mass is 16.2. The first-order valence-electron chi connectivity index (χ1n) is 6.44. The number of amides is 2. The van der Waals surface area contributed by atoms with Gasteiger partial charge in [0.1, 0.15) is 6.04 Å². The largest absolute Gasteiger partial charge is 0.355 e. The van der Waals surface area contributed by atoms with Crippen LogP contribution in [0.4, 0.5) is 0 Å². The van der Waals surface area contributed by atoms with Gasteiger partial charge in [-0.25, -0.2) is 4.98 Å². The van der Waals surface area contributed by atoms with Gasteiger partial charge in [0.25, 0.3) is 0 Å². The Bertz CT molecular complexity index is 470. The maximum absolute atomic E-state index is 12.1. The molecule has 2 unspecified atom stereocenters. The number of aromatic amines is 1. The molecule has 2 amide bonds. The minimum Gasteiger partial charge on any atom is -0.355 e. The molecular formula is C12H19N5O2. The summed E-state index contributed by atoms with van der Waals surface area (Å²) < 4.78 is 0. The molecule has 1 aromatic heterocycles. The second-order valence-electron chi connectivity index (χ2n) is 4.59. The number of nitrogens with zero attached hydrogens (tertiary/aromatic N) is 1. The minimum absolute atomic E-state index is 0.174. The lowest BCUT2D eigenvalue weighted by atomic mass is 10.0. The molecule has 0 radical (unpaired) electrons. The van der Waals surface area contributed by atoms with E-state index in [4.69, 9.17) is 0 Å². The Hall–Kier alpha value is -1.89. The van der Waals surface area contributed by atoms with E-state index in [0.717, 1.165) is 11.4 Å². The van der Waals surface area contributed by atoms with Crippen molar-refractivity contribution < 1.29 is 9.59 Å². The first kappa shape index (κ1) is 13.5. The molecule has 104 valence electrons. The Morgan fingerprint density at radius 3 is 3.11 bits per heavy atom. The number of hydrogen-bond acceptors (Lipinski definition) is 4. The summed E-state index contributed by atoms with van der Waals surface area (Å²) in [6.45, 7) is 4.65. The number of nitrogens with one attached hydrogen (secondary N) is 4. The van der Waals surface area contributed by atoms with Crippen LogP contribution in [0.1, 0.15) is 25.2 Å². The third kappa shape index (κ3) is 3.11. The maximum Gasteiger partial charge on any atom is 0.242 e. The van der Waals surface area contributed by atoms with Crippen molar-refractivity contribution >= 4 is 11.8 Å². The zero-order valence-corrected chi connectivity index (χ0v) is 11.1. The highest BCUT2D eigenvalue weighted by molar-refractivity contribution is 5.89. The summed E-state index contributed by atoms with van der Waals surface area (Å²) in [6, 6.07) is -0.873. The molecule has 0 saturated heterocycles. The summed E-state index contributed by atoms with van der Waals surface area (Å²) in [6.07, 6.45) is 2.16. The van der Waals surface area contributed by atoms with Gasteiger partial charge in [0.05, 0.1) is 23.8 Å². The molecule has 7 nitrogen and oxygen atoms in total. The first-order valence-corrected chi connectivity index (χ1v) is 6.44. The smallest absolute Gasteiger partial charge is 0.242 e. The van der Waals surface area contributed by atoms with Crippen LogP contribution in [0.15, 0.2) is 6.33 Å². The van der Waals surface area contributed by atoms with Gasteiger partial charge in [0, 0.05) is 19.5 Å². The van der Waals surface area contributed by atoms with Gasteiger partial charge in [-0.2, -0.15) is 0 Å². The molecule has 0 spiro atoms. The number of carbonyl (C=O) groups excluding carboxylic acids is 2. The van der Waals surface area contributed by atoms with Crippen molar-refractivity contribution in [2.75, 3.05) is 6.54 Å². The third-order valence-electron chi connectivity index (χ3n) is 3.15. The van der Waals surface area contributed by atoms with Gasteiger partial charge in [-0.1, -0.05) is 0 Å². The van der Waals surface area contributed by atoms with Crippen LogP contribution in [0.2, 0.25) is 0 Å². The van der Waals surface area contributed by atoms with Crippen molar-refractivity contribution in [2.24, 2.45) is 0 Å². The highest BCUT2D eigenvalue weighted by Crippen LogP contribution is 2.12. The summed E-state index contributed by atoms with van der Waals surface area (Å²) in [5.74, 6) is -0.348. The van der Waals surface area contributed by atoms with E-state index in [9.17, 15) is 9.59 Å². The van der Waals surface area contributed by atoms with Crippen molar-refractivity contribution in [3.8, 4) is 0 Å². The van der Waals surface area contributed by atoms with E-state index in [1.807, 2.05) is 6.92 Å². The van der Waals surface area contributed by atoms with Crippen LogP contribution < -0.4 is 16.0 Å². The average molecular weight is 265 g/mol. The van der Waals surface area contributed by atoms with Crippen molar-refractivity contribution in [3.63, 3.8) is 0 Å². The fourth-order valence-corrected chi connectivity index (χ4v) is 2.06. The average Bonchev–Trinajstić information content (AvgIpc) is 2.85.